The number of carbonyl (C=O) groups is 7. The highest BCUT2D eigenvalue weighted by molar-refractivity contribution is 5.95. The number of likely N-dealkylation sites (tertiary alicyclic amines) is 2. The van der Waals surface area contributed by atoms with Gasteiger partial charge in [0.2, 0.25) is 35.4 Å². The average molecular weight is 979 g/mol. The van der Waals surface area contributed by atoms with Crippen LogP contribution in [0.4, 0.5) is 4.79 Å². The van der Waals surface area contributed by atoms with Gasteiger partial charge in [0.1, 0.15) is 12.1 Å². The summed E-state index contributed by atoms with van der Waals surface area (Å²) in [6, 6.07) is 0.633. The van der Waals surface area contributed by atoms with Gasteiger partial charge < -0.3 is 53.9 Å². The lowest BCUT2D eigenvalue weighted by Gasteiger charge is -2.44. The molecule has 9 aliphatic heterocycles. The molecule has 9 aliphatic rings. The number of piperazine rings is 5. The van der Waals surface area contributed by atoms with E-state index in [4.69, 9.17) is 0 Å². The molecule has 0 bridgehead atoms. The predicted octanol–water partition coefficient (Wildman–Crippen LogP) is 2.31. The summed E-state index contributed by atoms with van der Waals surface area (Å²) >= 11 is 0. The minimum absolute atomic E-state index is 0. The molecule has 0 aliphatic carbocycles. The largest absolute Gasteiger partial charge is 0.343 e. The lowest BCUT2D eigenvalue weighted by Crippen LogP contribution is -2.65. The molecule has 0 aromatic heterocycles. The molecule has 0 radical (unpaired) electrons. The van der Waals surface area contributed by atoms with Crippen LogP contribution in [0.5, 0.6) is 0 Å². The lowest BCUT2D eigenvalue weighted by atomic mass is 10.0. The van der Waals surface area contributed by atoms with E-state index in [1.54, 1.807) is 32.7 Å². The van der Waals surface area contributed by atoms with Gasteiger partial charge in [-0.1, -0.05) is 28.7 Å². The second kappa shape index (κ2) is 32.0. The minimum Gasteiger partial charge on any atom is -0.343 e. The number of nitrogens with zero attached hydrogens (tertiary/aromatic N) is 12. The van der Waals surface area contributed by atoms with Crippen molar-refractivity contribution in [2.75, 3.05) is 167 Å². The molecule has 400 valence electrons. The fourth-order valence-corrected chi connectivity index (χ4v) is 9.58. The second-order valence-corrected chi connectivity index (χ2v) is 19.2. The molecule has 0 saturated carbocycles. The van der Waals surface area contributed by atoms with E-state index in [0.717, 1.165) is 105 Å². The standard InChI is InChI=1S/C9H15N3O2.C9H17N3O.C8H14N2O.C7H14N2O.C7H13NO.C6H11NO.C2H6.2CH4/c1-10-3-4-12-7(5-10)9(14)11(2)6-8(12)13;1-10-3-5-12-6-4-11(2)9(13)8(12)7-10;1-9-6-7-4-2-3-5-10(7)8(9)11;1-7(10)9-5-3-8(2)4-6-9;1-7(9)8-5-3-2-4-6-8;1-6(8)7-4-2-3-5-7;1-2;;/h7H,3-6H2,1-2H3;8H,3-7H2,1-2H3;7H,2-6H2,1H3;3-6H2,1-2H3;2-6H2,1H3;2-5H2,1H3;1-2H3;2*1H4. The SMILES string of the molecule is C.C.CC.CC(=O)N1CCCC1.CC(=O)N1CCCCC1.CC(=O)N1CCN(C)CC1.CN1CC2CCCCN2C1=O.CN1CCN2C(=O)CN(C)C(=O)C2C1.CN1CCN2CCN(C)C(=O)C2C1. The van der Waals surface area contributed by atoms with Crippen LogP contribution >= 0.6 is 0 Å². The summed E-state index contributed by atoms with van der Waals surface area (Å²) in [4.78, 5) is 102. The molecule has 0 N–H and O–H groups in total. The Kier molecular flexibility index (Phi) is 29.2. The maximum atomic E-state index is 11.8. The first-order valence-electron chi connectivity index (χ1n) is 25.2. The normalized spacial score (nSPS) is 24.9. The summed E-state index contributed by atoms with van der Waals surface area (Å²) in [5.41, 5.74) is 0. The highest BCUT2D eigenvalue weighted by Crippen LogP contribution is 2.24. The Morgan fingerprint density at radius 2 is 0.855 bits per heavy atom. The Labute approximate surface area is 418 Å². The number of carbonyl (C=O) groups excluding carboxylic acids is 7. The van der Waals surface area contributed by atoms with E-state index >= 15 is 0 Å². The van der Waals surface area contributed by atoms with E-state index in [-0.39, 0.29) is 75.0 Å². The highest BCUT2D eigenvalue weighted by atomic mass is 16.2. The third-order valence-electron chi connectivity index (χ3n) is 14.0. The quantitative estimate of drug-likeness (QED) is 0.351. The third kappa shape index (κ3) is 19.9. The molecular formula is C50H98N12O7. The Hall–Kier alpha value is -4.07. The Balaban J connectivity index is 0.000000412. The minimum atomic E-state index is -0.250. The first-order chi connectivity index (χ1) is 31.9. The first kappa shape index (κ1) is 62.9. The van der Waals surface area contributed by atoms with Gasteiger partial charge in [-0.25, -0.2) is 4.79 Å². The van der Waals surface area contributed by atoms with Crippen molar-refractivity contribution in [2.45, 2.75) is 119 Å². The number of urea groups is 1. The van der Waals surface area contributed by atoms with E-state index in [1.165, 1.54) is 56.3 Å². The monoisotopic (exact) mass is 979 g/mol. The topological polar surface area (TPSA) is 158 Å². The first-order valence-corrected chi connectivity index (χ1v) is 25.2. The number of amides is 8. The van der Waals surface area contributed by atoms with Crippen molar-refractivity contribution in [3.63, 3.8) is 0 Å². The zero-order valence-electron chi connectivity index (χ0n) is 43.5. The summed E-state index contributed by atoms with van der Waals surface area (Å²) in [5.74, 6) is 1.09. The van der Waals surface area contributed by atoms with Gasteiger partial charge in [0.15, 0.2) is 0 Å². The van der Waals surface area contributed by atoms with Crippen LogP contribution in [0.3, 0.4) is 0 Å². The van der Waals surface area contributed by atoms with Gasteiger partial charge in [-0.3, -0.25) is 33.7 Å². The van der Waals surface area contributed by atoms with Crippen LogP contribution in [0, 0.1) is 0 Å². The number of hydrogen-bond acceptors (Lipinski definition) is 11. The van der Waals surface area contributed by atoms with Gasteiger partial charge in [-0.05, 0) is 72.5 Å². The van der Waals surface area contributed by atoms with Gasteiger partial charge in [0.05, 0.1) is 12.6 Å². The van der Waals surface area contributed by atoms with Crippen LogP contribution in [0.15, 0.2) is 0 Å². The molecule has 9 rings (SSSR count). The fraction of sp³-hybridized carbons (Fsp3) is 0.860. The van der Waals surface area contributed by atoms with Crippen molar-refractivity contribution in [3.8, 4) is 0 Å². The molecule has 3 atom stereocenters. The Morgan fingerprint density at radius 1 is 0.420 bits per heavy atom. The molecule has 19 heteroatoms. The van der Waals surface area contributed by atoms with Crippen molar-refractivity contribution < 1.29 is 33.6 Å². The van der Waals surface area contributed by atoms with Crippen molar-refractivity contribution in [3.05, 3.63) is 0 Å². The van der Waals surface area contributed by atoms with Crippen molar-refractivity contribution in [1.82, 2.24) is 58.8 Å². The van der Waals surface area contributed by atoms with Crippen LogP contribution in [0.25, 0.3) is 0 Å². The lowest BCUT2D eigenvalue weighted by molar-refractivity contribution is -0.157. The molecule has 69 heavy (non-hydrogen) atoms. The predicted molar refractivity (Wildman–Crippen MR) is 276 cm³/mol. The summed E-state index contributed by atoms with van der Waals surface area (Å²) < 4.78 is 0. The maximum absolute atomic E-state index is 11.8. The fourth-order valence-electron chi connectivity index (χ4n) is 9.58. The molecule has 0 aromatic carbocycles. The molecular weight excluding hydrogens is 881 g/mol. The highest BCUT2D eigenvalue weighted by Gasteiger charge is 2.41. The van der Waals surface area contributed by atoms with Gasteiger partial charge in [0.25, 0.3) is 0 Å². The molecule has 9 saturated heterocycles. The molecule has 8 amide bonds. The summed E-state index contributed by atoms with van der Waals surface area (Å²) in [7, 11) is 11.6. The van der Waals surface area contributed by atoms with Crippen LogP contribution < -0.4 is 0 Å². The molecule has 9 fully saturated rings. The van der Waals surface area contributed by atoms with E-state index in [9.17, 15) is 33.6 Å². The second-order valence-electron chi connectivity index (χ2n) is 19.2. The molecule has 0 spiro atoms. The van der Waals surface area contributed by atoms with Gasteiger partial charge >= 0.3 is 6.03 Å². The van der Waals surface area contributed by atoms with E-state index in [2.05, 4.69) is 33.7 Å². The molecule has 19 nitrogen and oxygen atoms in total. The Morgan fingerprint density at radius 3 is 1.36 bits per heavy atom. The van der Waals surface area contributed by atoms with Gasteiger partial charge in [-0.2, -0.15) is 0 Å². The summed E-state index contributed by atoms with van der Waals surface area (Å²) in [6.07, 6.45) is 9.76. The van der Waals surface area contributed by atoms with E-state index < -0.39 is 0 Å². The zero-order chi connectivity index (χ0) is 49.8. The Bertz CT molecular complexity index is 1580. The number of piperidine rings is 2. The molecule has 0 aromatic rings. The van der Waals surface area contributed by atoms with Crippen LogP contribution in [0.2, 0.25) is 0 Å². The van der Waals surface area contributed by atoms with Crippen LogP contribution in [0.1, 0.15) is 101 Å². The van der Waals surface area contributed by atoms with Crippen molar-refractivity contribution in [2.24, 2.45) is 0 Å². The number of fused-ring (bicyclic) bond motifs is 3. The number of likely N-dealkylation sites (N-methyl/N-ethyl adjacent to an activating group) is 6. The van der Waals surface area contributed by atoms with Crippen molar-refractivity contribution in [1.29, 1.82) is 0 Å². The molecule has 3 unspecified atom stereocenters. The van der Waals surface area contributed by atoms with Crippen LogP contribution in [-0.4, -0.2) is 285 Å². The molecule has 9 heterocycles. The van der Waals surface area contributed by atoms with Gasteiger partial charge in [-0.15, -0.1) is 0 Å². The number of rotatable bonds is 0. The van der Waals surface area contributed by atoms with Crippen molar-refractivity contribution >= 4 is 41.5 Å². The zero-order valence-corrected chi connectivity index (χ0v) is 43.5. The summed E-state index contributed by atoms with van der Waals surface area (Å²) in [6.45, 7) is 26.0. The summed E-state index contributed by atoms with van der Waals surface area (Å²) in [5, 5.41) is 0. The third-order valence-corrected chi connectivity index (χ3v) is 14.0. The number of hydrogen-bond donors (Lipinski definition) is 0. The average Bonchev–Trinajstić information content (AvgIpc) is 3.97. The van der Waals surface area contributed by atoms with Gasteiger partial charge in [0, 0.05) is 160 Å². The van der Waals surface area contributed by atoms with Crippen LogP contribution in [-0.2, 0) is 28.8 Å². The van der Waals surface area contributed by atoms with E-state index in [1.807, 2.05) is 64.4 Å². The maximum Gasteiger partial charge on any atom is 0.320 e. The van der Waals surface area contributed by atoms with E-state index in [0.29, 0.717) is 19.1 Å². The smallest absolute Gasteiger partial charge is 0.320 e.